The number of rotatable bonds is 8. The number of halogens is 1. The second-order valence-corrected chi connectivity index (χ2v) is 8.84. The molecule has 0 unspecified atom stereocenters. The SMILES string of the molecule is CN(C)C(=O)[C@H](Sc1nnc(COc2ccccc2Cl)n1C1CC1)c1ccccc1. The largest absolute Gasteiger partial charge is 0.484 e. The van der Waals surface area contributed by atoms with Crippen molar-refractivity contribution in [2.24, 2.45) is 0 Å². The molecular weight excluding hydrogens is 420 g/mol. The molecule has 156 valence electrons. The Kier molecular flexibility index (Phi) is 6.29. The molecule has 1 aliphatic rings. The van der Waals surface area contributed by atoms with E-state index < -0.39 is 0 Å². The van der Waals surface area contributed by atoms with Gasteiger partial charge in [-0.05, 0) is 30.5 Å². The van der Waals surface area contributed by atoms with E-state index in [2.05, 4.69) is 14.8 Å². The summed E-state index contributed by atoms with van der Waals surface area (Å²) in [5, 5.41) is 9.69. The van der Waals surface area contributed by atoms with Crippen molar-refractivity contribution in [3.8, 4) is 5.75 Å². The monoisotopic (exact) mass is 442 g/mol. The van der Waals surface area contributed by atoms with E-state index in [0.29, 0.717) is 16.8 Å². The fraction of sp³-hybridized carbons (Fsp3) is 0.318. The molecule has 0 saturated heterocycles. The zero-order valence-electron chi connectivity index (χ0n) is 16.9. The molecule has 1 fully saturated rings. The van der Waals surface area contributed by atoms with Gasteiger partial charge < -0.3 is 9.64 Å². The fourth-order valence-electron chi connectivity index (χ4n) is 3.12. The summed E-state index contributed by atoms with van der Waals surface area (Å²) in [6.45, 7) is 0.269. The number of carbonyl (C=O) groups is 1. The Bertz CT molecular complexity index is 1020. The van der Waals surface area contributed by atoms with E-state index in [1.165, 1.54) is 11.8 Å². The van der Waals surface area contributed by atoms with Crippen LogP contribution < -0.4 is 4.74 Å². The summed E-state index contributed by atoms with van der Waals surface area (Å²) >= 11 is 7.63. The van der Waals surface area contributed by atoms with E-state index >= 15 is 0 Å². The Hall–Kier alpha value is -2.51. The quantitative estimate of drug-likeness (QED) is 0.470. The third-order valence-corrected chi connectivity index (χ3v) is 6.34. The second-order valence-electron chi connectivity index (χ2n) is 7.36. The van der Waals surface area contributed by atoms with Gasteiger partial charge in [-0.1, -0.05) is 65.8 Å². The first-order valence-electron chi connectivity index (χ1n) is 9.78. The minimum Gasteiger partial charge on any atom is -0.484 e. The van der Waals surface area contributed by atoms with E-state index in [1.807, 2.05) is 48.5 Å². The molecule has 3 aromatic rings. The van der Waals surface area contributed by atoms with Gasteiger partial charge in [0.25, 0.3) is 0 Å². The van der Waals surface area contributed by atoms with Crippen LogP contribution in [0.15, 0.2) is 59.8 Å². The topological polar surface area (TPSA) is 60.3 Å². The second kappa shape index (κ2) is 9.10. The lowest BCUT2D eigenvalue weighted by Gasteiger charge is -2.20. The number of benzene rings is 2. The number of nitrogens with zero attached hydrogens (tertiary/aromatic N) is 4. The number of thioether (sulfide) groups is 1. The molecule has 1 amide bonds. The first-order chi connectivity index (χ1) is 14.5. The predicted octanol–water partition coefficient (Wildman–Crippen LogP) is 4.77. The first kappa shape index (κ1) is 20.8. The van der Waals surface area contributed by atoms with Crippen molar-refractivity contribution in [1.82, 2.24) is 19.7 Å². The number of likely N-dealkylation sites (N-methyl/N-ethyl adjacent to an activating group) is 1. The number of carbonyl (C=O) groups excluding carboxylic acids is 1. The summed E-state index contributed by atoms with van der Waals surface area (Å²) in [6, 6.07) is 17.5. The van der Waals surface area contributed by atoms with Crippen LogP contribution >= 0.6 is 23.4 Å². The van der Waals surface area contributed by atoms with E-state index in [9.17, 15) is 4.79 Å². The maximum absolute atomic E-state index is 12.9. The molecule has 1 atom stereocenters. The molecule has 1 saturated carbocycles. The van der Waals surface area contributed by atoms with E-state index in [0.717, 1.165) is 29.4 Å². The molecule has 0 N–H and O–H groups in total. The third-order valence-electron chi connectivity index (χ3n) is 4.83. The third kappa shape index (κ3) is 4.63. The van der Waals surface area contributed by atoms with Crippen LogP contribution in [0.1, 0.15) is 35.5 Å². The average molecular weight is 443 g/mol. The lowest BCUT2D eigenvalue weighted by molar-refractivity contribution is -0.128. The highest BCUT2D eigenvalue weighted by Crippen LogP contribution is 2.43. The van der Waals surface area contributed by atoms with Gasteiger partial charge in [0.15, 0.2) is 11.0 Å². The highest BCUT2D eigenvalue weighted by molar-refractivity contribution is 8.00. The van der Waals surface area contributed by atoms with E-state index in [4.69, 9.17) is 16.3 Å². The van der Waals surface area contributed by atoms with Crippen LogP contribution in [-0.2, 0) is 11.4 Å². The van der Waals surface area contributed by atoms with Crippen molar-refractivity contribution in [2.75, 3.05) is 14.1 Å². The standard InChI is InChI=1S/C22H23ClN4O2S/c1-26(2)21(28)20(15-8-4-3-5-9-15)30-22-25-24-19(27(22)16-12-13-16)14-29-18-11-7-6-10-17(18)23/h3-11,16,20H,12-14H2,1-2H3/t20-/m1/s1. The van der Waals surface area contributed by atoms with Gasteiger partial charge in [0.1, 0.15) is 17.6 Å². The lowest BCUT2D eigenvalue weighted by atomic mass is 10.1. The zero-order chi connectivity index (χ0) is 21.1. The number of hydrogen-bond acceptors (Lipinski definition) is 5. The Morgan fingerprint density at radius 3 is 2.53 bits per heavy atom. The van der Waals surface area contributed by atoms with Gasteiger partial charge in [0, 0.05) is 20.1 Å². The normalized spacial score (nSPS) is 14.4. The molecular formula is C22H23ClN4O2S. The zero-order valence-corrected chi connectivity index (χ0v) is 18.4. The van der Waals surface area contributed by atoms with E-state index in [1.54, 1.807) is 25.1 Å². The minimum absolute atomic E-state index is 0.0189. The number of aromatic nitrogens is 3. The molecule has 2 aromatic carbocycles. The van der Waals surface area contributed by atoms with Gasteiger partial charge in [0.2, 0.25) is 5.91 Å². The van der Waals surface area contributed by atoms with Crippen molar-refractivity contribution in [3.05, 3.63) is 71.0 Å². The maximum Gasteiger partial charge on any atom is 0.240 e. The predicted molar refractivity (Wildman–Crippen MR) is 118 cm³/mol. The van der Waals surface area contributed by atoms with E-state index in [-0.39, 0.29) is 17.8 Å². The fourth-order valence-corrected chi connectivity index (χ4v) is 4.58. The molecule has 0 radical (unpaired) electrons. The smallest absolute Gasteiger partial charge is 0.240 e. The Balaban J connectivity index is 1.59. The molecule has 6 nitrogen and oxygen atoms in total. The van der Waals surface area contributed by atoms with Gasteiger partial charge in [-0.25, -0.2) is 0 Å². The Morgan fingerprint density at radius 2 is 1.87 bits per heavy atom. The highest BCUT2D eigenvalue weighted by atomic mass is 35.5. The maximum atomic E-state index is 12.9. The lowest BCUT2D eigenvalue weighted by Crippen LogP contribution is -2.27. The molecule has 0 spiro atoms. The summed E-state index contributed by atoms with van der Waals surface area (Å²) < 4.78 is 8.00. The summed E-state index contributed by atoms with van der Waals surface area (Å²) in [5.74, 6) is 1.37. The number of hydrogen-bond donors (Lipinski definition) is 0. The van der Waals surface area contributed by atoms with Crippen LogP contribution in [0.4, 0.5) is 0 Å². The van der Waals surface area contributed by atoms with Crippen LogP contribution in [0.5, 0.6) is 5.75 Å². The molecule has 1 heterocycles. The van der Waals surface area contributed by atoms with Crippen LogP contribution in [0.3, 0.4) is 0 Å². The molecule has 0 bridgehead atoms. The molecule has 30 heavy (non-hydrogen) atoms. The summed E-state index contributed by atoms with van der Waals surface area (Å²) in [7, 11) is 3.54. The van der Waals surface area contributed by atoms with Gasteiger partial charge in [-0.2, -0.15) is 0 Å². The van der Waals surface area contributed by atoms with Gasteiger partial charge in [0.05, 0.1) is 5.02 Å². The molecule has 1 aliphatic carbocycles. The number of amides is 1. The Morgan fingerprint density at radius 1 is 1.17 bits per heavy atom. The van der Waals surface area contributed by atoms with Crippen LogP contribution in [0, 0.1) is 0 Å². The molecule has 4 rings (SSSR count). The summed E-state index contributed by atoms with van der Waals surface area (Å²) in [6.07, 6.45) is 2.14. The van der Waals surface area contributed by atoms with Crippen molar-refractivity contribution in [1.29, 1.82) is 0 Å². The summed E-state index contributed by atoms with van der Waals surface area (Å²) in [4.78, 5) is 14.5. The average Bonchev–Trinajstić information content (AvgIpc) is 3.52. The Labute approximate surface area is 185 Å². The van der Waals surface area contributed by atoms with Gasteiger partial charge >= 0.3 is 0 Å². The number of para-hydroxylation sites is 1. The molecule has 8 heteroatoms. The van der Waals surface area contributed by atoms with Crippen molar-refractivity contribution < 1.29 is 9.53 Å². The highest BCUT2D eigenvalue weighted by Gasteiger charge is 2.33. The molecule has 1 aromatic heterocycles. The van der Waals surface area contributed by atoms with Crippen LogP contribution in [0.25, 0.3) is 0 Å². The van der Waals surface area contributed by atoms with Gasteiger partial charge in [-0.3, -0.25) is 9.36 Å². The van der Waals surface area contributed by atoms with Gasteiger partial charge in [-0.15, -0.1) is 10.2 Å². The minimum atomic E-state index is -0.389. The van der Waals surface area contributed by atoms with Crippen molar-refractivity contribution in [3.63, 3.8) is 0 Å². The van der Waals surface area contributed by atoms with Crippen molar-refractivity contribution in [2.45, 2.75) is 35.9 Å². The molecule has 0 aliphatic heterocycles. The number of ether oxygens (including phenoxy) is 1. The van der Waals surface area contributed by atoms with Crippen LogP contribution in [0.2, 0.25) is 5.02 Å². The summed E-state index contributed by atoms with van der Waals surface area (Å²) in [5.41, 5.74) is 0.945. The first-order valence-corrected chi connectivity index (χ1v) is 11.0. The van der Waals surface area contributed by atoms with Crippen molar-refractivity contribution >= 4 is 29.3 Å². The van der Waals surface area contributed by atoms with Crippen LogP contribution in [-0.4, -0.2) is 39.7 Å².